The van der Waals surface area contributed by atoms with Gasteiger partial charge in [-0.25, -0.2) is 0 Å². The predicted molar refractivity (Wildman–Crippen MR) is 104 cm³/mol. The average molecular weight is 320 g/mol. The Bertz CT molecular complexity index is 748. The van der Waals surface area contributed by atoms with E-state index in [-0.39, 0.29) is 10.8 Å². The first kappa shape index (κ1) is 16.8. The number of methoxy groups -OCH3 is 1. The fourth-order valence-corrected chi connectivity index (χ4v) is 3.81. The highest BCUT2D eigenvalue weighted by molar-refractivity contribution is 5.73. The largest absolute Gasteiger partial charge is 0.497 e. The van der Waals surface area contributed by atoms with Gasteiger partial charge in [-0.05, 0) is 58.1 Å². The van der Waals surface area contributed by atoms with Crippen molar-refractivity contribution in [3.8, 4) is 5.75 Å². The van der Waals surface area contributed by atoms with Crippen molar-refractivity contribution in [1.29, 1.82) is 0 Å². The van der Waals surface area contributed by atoms with Crippen LogP contribution in [0.25, 0.3) is 12.2 Å². The number of fused-ring (bicyclic) bond motifs is 1. The molecule has 1 nitrogen and oxygen atoms in total. The quantitative estimate of drug-likeness (QED) is 0.610. The van der Waals surface area contributed by atoms with Crippen LogP contribution in [0.3, 0.4) is 0 Å². The van der Waals surface area contributed by atoms with Crippen LogP contribution in [0, 0.1) is 0 Å². The zero-order valence-electron chi connectivity index (χ0n) is 15.5. The van der Waals surface area contributed by atoms with Crippen molar-refractivity contribution in [2.75, 3.05) is 7.11 Å². The van der Waals surface area contributed by atoms with Gasteiger partial charge in [0.1, 0.15) is 5.75 Å². The third-order valence-corrected chi connectivity index (χ3v) is 5.45. The van der Waals surface area contributed by atoms with E-state index < -0.39 is 0 Å². The zero-order chi connectivity index (χ0) is 17.4. The van der Waals surface area contributed by atoms with Gasteiger partial charge in [-0.2, -0.15) is 0 Å². The molecule has 0 unspecified atom stereocenters. The van der Waals surface area contributed by atoms with Crippen LogP contribution in [0.4, 0.5) is 0 Å². The maximum Gasteiger partial charge on any atom is 0.118 e. The van der Waals surface area contributed by atoms with Crippen LogP contribution in [0.2, 0.25) is 0 Å². The smallest absolute Gasteiger partial charge is 0.118 e. The molecule has 0 radical (unpaired) electrons. The van der Waals surface area contributed by atoms with E-state index in [0.29, 0.717) is 0 Å². The molecule has 126 valence electrons. The van der Waals surface area contributed by atoms with Crippen molar-refractivity contribution in [2.45, 2.75) is 51.4 Å². The average Bonchev–Trinajstić information content (AvgIpc) is 2.57. The first-order valence-corrected chi connectivity index (χ1v) is 8.80. The first-order chi connectivity index (χ1) is 11.3. The molecule has 0 saturated heterocycles. The summed E-state index contributed by atoms with van der Waals surface area (Å²) in [6.45, 7) is 9.51. The summed E-state index contributed by atoms with van der Waals surface area (Å²) >= 11 is 0. The molecule has 3 rings (SSSR count). The fourth-order valence-electron chi connectivity index (χ4n) is 3.81. The Labute approximate surface area is 146 Å². The third-order valence-electron chi connectivity index (χ3n) is 5.45. The minimum atomic E-state index is 0.228. The number of ether oxygens (including phenoxy) is 1. The monoisotopic (exact) mass is 320 g/mol. The summed E-state index contributed by atoms with van der Waals surface area (Å²) in [5.41, 5.74) is 6.06. The maximum absolute atomic E-state index is 5.23. The van der Waals surface area contributed by atoms with E-state index in [1.165, 1.54) is 35.1 Å². The molecule has 0 amide bonds. The van der Waals surface area contributed by atoms with Crippen LogP contribution in [0.1, 0.15) is 62.8 Å². The molecule has 0 aromatic heterocycles. The molecular weight excluding hydrogens is 292 g/mol. The van der Waals surface area contributed by atoms with Crippen LogP contribution in [0.5, 0.6) is 5.75 Å². The topological polar surface area (TPSA) is 9.23 Å². The van der Waals surface area contributed by atoms with Crippen LogP contribution < -0.4 is 4.74 Å². The molecule has 1 aliphatic rings. The van der Waals surface area contributed by atoms with E-state index in [0.717, 1.165) is 5.75 Å². The molecule has 0 fully saturated rings. The van der Waals surface area contributed by atoms with Crippen molar-refractivity contribution in [3.63, 3.8) is 0 Å². The van der Waals surface area contributed by atoms with Gasteiger partial charge in [-0.3, -0.25) is 0 Å². The van der Waals surface area contributed by atoms with Crippen molar-refractivity contribution in [2.24, 2.45) is 0 Å². The van der Waals surface area contributed by atoms with Gasteiger partial charge in [0.25, 0.3) is 0 Å². The summed E-state index contributed by atoms with van der Waals surface area (Å²) in [6, 6.07) is 15.0. The Morgan fingerprint density at radius 1 is 0.833 bits per heavy atom. The minimum absolute atomic E-state index is 0.228. The third kappa shape index (κ3) is 3.13. The molecule has 1 heteroatoms. The Kier molecular flexibility index (Phi) is 4.29. The number of hydrogen-bond acceptors (Lipinski definition) is 1. The van der Waals surface area contributed by atoms with Crippen LogP contribution in [0.15, 0.2) is 42.5 Å². The lowest BCUT2D eigenvalue weighted by Crippen LogP contribution is -2.34. The lowest BCUT2D eigenvalue weighted by atomic mass is 9.62. The van der Waals surface area contributed by atoms with Gasteiger partial charge >= 0.3 is 0 Å². The molecule has 0 bridgehead atoms. The molecule has 1 aliphatic carbocycles. The van der Waals surface area contributed by atoms with E-state index in [4.69, 9.17) is 4.74 Å². The van der Waals surface area contributed by atoms with E-state index in [2.05, 4.69) is 70.2 Å². The van der Waals surface area contributed by atoms with Gasteiger partial charge in [0, 0.05) is 0 Å². The normalized spacial score (nSPS) is 18.4. The predicted octanol–water partition coefficient (Wildman–Crippen LogP) is 6.21. The van der Waals surface area contributed by atoms with Crippen molar-refractivity contribution in [3.05, 3.63) is 64.7 Å². The van der Waals surface area contributed by atoms with Gasteiger partial charge in [0.05, 0.1) is 7.11 Å². The van der Waals surface area contributed by atoms with Crippen LogP contribution in [-0.4, -0.2) is 7.11 Å². The van der Waals surface area contributed by atoms with Crippen molar-refractivity contribution >= 4 is 12.2 Å². The number of benzene rings is 2. The standard InChI is InChI=1S/C23H28O/c1-22(2)15-16-23(3,4)21-18(7-6-8-20(21)22)12-9-17-10-13-19(24-5)14-11-17/h6-14H,15-16H2,1-5H3. The van der Waals surface area contributed by atoms with Gasteiger partial charge in [0.15, 0.2) is 0 Å². The molecule has 0 aliphatic heterocycles. The van der Waals surface area contributed by atoms with Gasteiger partial charge in [-0.15, -0.1) is 0 Å². The number of hydrogen-bond donors (Lipinski definition) is 0. The van der Waals surface area contributed by atoms with E-state index in [9.17, 15) is 0 Å². The second-order valence-electron chi connectivity index (χ2n) is 8.14. The summed E-state index contributed by atoms with van der Waals surface area (Å²) in [5.74, 6) is 0.895. The van der Waals surface area contributed by atoms with Crippen LogP contribution >= 0.6 is 0 Å². The van der Waals surface area contributed by atoms with Crippen molar-refractivity contribution in [1.82, 2.24) is 0 Å². The highest BCUT2D eigenvalue weighted by Crippen LogP contribution is 2.47. The summed E-state index contributed by atoms with van der Waals surface area (Å²) in [4.78, 5) is 0. The van der Waals surface area contributed by atoms with E-state index in [1.54, 1.807) is 7.11 Å². The highest BCUT2D eigenvalue weighted by Gasteiger charge is 2.37. The second kappa shape index (κ2) is 6.12. The summed E-state index contributed by atoms with van der Waals surface area (Å²) in [6.07, 6.45) is 6.95. The van der Waals surface area contributed by atoms with Gasteiger partial charge in [-0.1, -0.05) is 70.2 Å². The lowest BCUT2D eigenvalue weighted by Gasteiger charge is -2.42. The molecule has 2 aromatic carbocycles. The molecule has 0 atom stereocenters. The SMILES string of the molecule is COc1ccc(C=Cc2cccc3c2C(C)(C)CCC3(C)C)cc1. The van der Waals surface area contributed by atoms with Gasteiger partial charge in [0.2, 0.25) is 0 Å². The van der Waals surface area contributed by atoms with E-state index >= 15 is 0 Å². The van der Waals surface area contributed by atoms with Crippen LogP contribution in [-0.2, 0) is 10.8 Å². The fraction of sp³-hybridized carbons (Fsp3) is 0.391. The molecule has 0 heterocycles. The maximum atomic E-state index is 5.23. The Morgan fingerprint density at radius 3 is 2.17 bits per heavy atom. The second-order valence-corrected chi connectivity index (χ2v) is 8.14. The number of rotatable bonds is 3. The lowest BCUT2D eigenvalue weighted by molar-refractivity contribution is 0.331. The molecule has 0 spiro atoms. The minimum Gasteiger partial charge on any atom is -0.497 e. The molecule has 0 N–H and O–H groups in total. The van der Waals surface area contributed by atoms with E-state index in [1.807, 2.05) is 12.1 Å². The van der Waals surface area contributed by atoms with Crippen molar-refractivity contribution < 1.29 is 4.74 Å². The Hall–Kier alpha value is -2.02. The summed E-state index contributed by atoms with van der Waals surface area (Å²) < 4.78 is 5.23. The highest BCUT2D eigenvalue weighted by atomic mass is 16.5. The molecular formula is C23H28O. The zero-order valence-corrected chi connectivity index (χ0v) is 15.5. The van der Waals surface area contributed by atoms with Gasteiger partial charge < -0.3 is 4.74 Å². The Morgan fingerprint density at radius 2 is 1.50 bits per heavy atom. The first-order valence-electron chi connectivity index (χ1n) is 8.80. The Balaban J connectivity index is 2.01. The molecule has 24 heavy (non-hydrogen) atoms. The molecule has 0 saturated carbocycles. The summed E-state index contributed by atoms with van der Waals surface area (Å²) in [5, 5.41) is 0. The molecule has 2 aromatic rings. The summed E-state index contributed by atoms with van der Waals surface area (Å²) in [7, 11) is 1.70.